The Hall–Kier alpha value is -3.87. The molecule has 1 aliphatic rings. The van der Waals surface area contributed by atoms with Gasteiger partial charge in [-0.2, -0.15) is 0 Å². The van der Waals surface area contributed by atoms with E-state index in [0.29, 0.717) is 11.3 Å². The minimum Gasteiger partial charge on any atom is -0.324 e. The molecule has 1 aliphatic heterocycles. The fourth-order valence-corrected chi connectivity index (χ4v) is 4.06. The van der Waals surface area contributed by atoms with Crippen molar-refractivity contribution in [1.82, 2.24) is 9.13 Å². The minimum atomic E-state index is -0.302. The highest BCUT2D eigenvalue weighted by Crippen LogP contribution is 2.36. The van der Waals surface area contributed by atoms with Crippen LogP contribution in [0.25, 0.3) is 21.8 Å². The first-order valence-electron chi connectivity index (χ1n) is 9.24. The van der Waals surface area contributed by atoms with Gasteiger partial charge in [0, 0.05) is 30.7 Å². The fourth-order valence-electron chi connectivity index (χ4n) is 4.06. The van der Waals surface area contributed by atoms with Crippen molar-refractivity contribution in [3.63, 3.8) is 0 Å². The predicted octanol–water partition coefficient (Wildman–Crippen LogP) is 2.63. The Kier molecular flexibility index (Phi) is 3.61. The molecule has 0 radical (unpaired) electrons. The van der Waals surface area contributed by atoms with Gasteiger partial charge in [-0.05, 0) is 35.7 Å². The predicted molar refractivity (Wildman–Crippen MR) is 112 cm³/mol. The Morgan fingerprint density at radius 2 is 1.66 bits per heavy atom. The topological polar surface area (TPSA) is 76.3 Å². The van der Waals surface area contributed by atoms with Crippen molar-refractivity contribution in [2.45, 2.75) is 0 Å². The number of carbonyl (C=O) groups is 2. The van der Waals surface area contributed by atoms with E-state index in [-0.39, 0.29) is 24.0 Å². The highest BCUT2D eigenvalue weighted by atomic mass is 16.2. The number of hydrogen-bond acceptors (Lipinski definition) is 3. The number of anilines is 2. The highest BCUT2D eigenvalue weighted by Gasteiger charge is 2.30. The standard InChI is InChI=1S/C22H18N4O3/c1-24-16-10-9-14(11-18(16)25(2)22(24)29)23-19(27)12-26-17-8-4-6-13-5-3-7-15(20(13)17)21(26)28/h3-11H,12H2,1-2H3,(H,23,27). The molecule has 2 amide bonds. The van der Waals surface area contributed by atoms with Crippen molar-refractivity contribution in [2.24, 2.45) is 14.1 Å². The number of carbonyl (C=O) groups excluding carboxylic acids is 2. The van der Waals surface area contributed by atoms with Crippen LogP contribution in [0.1, 0.15) is 10.4 Å². The number of aryl methyl sites for hydroxylation is 2. The zero-order valence-corrected chi connectivity index (χ0v) is 16.0. The number of nitrogens with zero attached hydrogens (tertiary/aromatic N) is 3. The van der Waals surface area contributed by atoms with Crippen molar-refractivity contribution in [3.8, 4) is 0 Å². The molecule has 0 fully saturated rings. The molecule has 144 valence electrons. The van der Waals surface area contributed by atoms with Crippen LogP contribution in [-0.4, -0.2) is 27.5 Å². The zero-order chi connectivity index (χ0) is 20.3. The molecule has 0 aliphatic carbocycles. The molecule has 0 bridgehead atoms. The van der Waals surface area contributed by atoms with E-state index in [1.807, 2.05) is 30.3 Å². The Balaban J connectivity index is 1.43. The highest BCUT2D eigenvalue weighted by molar-refractivity contribution is 6.26. The fraction of sp³-hybridized carbons (Fsp3) is 0.136. The molecular weight excluding hydrogens is 368 g/mol. The van der Waals surface area contributed by atoms with Crippen molar-refractivity contribution < 1.29 is 9.59 Å². The van der Waals surface area contributed by atoms with Crippen LogP contribution in [0.15, 0.2) is 59.4 Å². The number of fused-ring (bicyclic) bond motifs is 1. The van der Waals surface area contributed by atoms with Gasteiger partial charge in [0.1, 0.15) is 6.54 Å². The molecule has 4 aromatic rings. The second kappa shape index (κ2) is 6.07. The lowest BCUT2D eigenvalue weighted by Crippen LogP contribution is -2.35. The summed E-state index contributed by atoms with van der Waals surface area (Å²) >= 11 is 0. The van der Waals surface area contributed by atoms with Crippen LogP contribution in [0.5, 0.6) is 0 Å². The van der Waals surface area contributed by atoms with Gasteiger partial charge in [-0.25, -0.2) is 4.79 Å². The first-order valence-corrected chi connectivity index (χ1v) is 9.24. The molecule has 29 heavy (non-hydrogen) atoms. The molecule has 7 nitrogen and oxygen atoms in total. The molecule has 0 atom stereocenters. The van der Waals surface area contributed by atoms with Gasteiger partial charge in [0.25, 0.3) is 5.91 Å². The summed E-state index contributed by atoms with van der Waals surface area (Å²) in [5, 5.41) is 4.70. The summed E-state index contributed by atoms with van der Waals surface area (Å²) < 4.78 is 3.09. The summed E-state index contributed by atoms with van der Waals surface area (Å²) in [7, 11) is 3.40. The van der Waals surface area contributed by atoms with Gasteiger partial charge in [0.05, 0.1) is 16.7 Å². The summed E-state index contributed by atoms with van der Waals surface area (Å²) in [5.41, 5.74) is 3.32. The second-order valence-electron chi connectivity index (χ2n) is 7.22. The van der Waals surface area contributed by atoms with Gasteiger partial charge in [0.2, 0.25) is 5.91 Å². The van der Waals surface area contributed by atoms with Gasteiger partial charge >= 0.3 is 5.69 Å². The molecule has 1 aromatic heterocycles. The minimum absolute atomic E-state index is 0.0849. The molecule has 0 unspecified atom stereocenters. The Morgan fingerprint density at radius 1 is 0.931 bits per heavy atom. The first-order chi connectivity index (χ1) is 14.0. The molecule has 0 saturated carbocycles. The number of aromatic nitrogens is 2. The van der Waals surface area contributed by atoms with E-state index in [4.69, 9.17) is 0 Å². The third-order valence-corrected chi connectivity index (χ3v) is 5.51. The molecule has 2 heterocycles. The average molecular weight is 386 g/mol. The maximum atomic E-state index is 12.8. The smallest absolute Gasteiger partial charge is 0.324 e. The molecule has 0 saturated heterocycles. The quantitative estimate of drug-likeness (QED) is 0.588. The third-order valence-electron chi connectivity index (χ3n) is 5.51. The maximum Gasteiger partial charge on any atom is 0.328 e. The van der Waals surface area contributed by atoms with Gasteiger partial charge in [-0.15, -0.1) is 0 Å². The van der Waals surface area contributed by atoms with E-state index in [9.17, 15) is 14.4 Å². The zero-order valence-electron chi connectivity index (χ0n) is 16.0. The summed E-state index contributed by atoms with van der Waals surface area (Å²) in [6.45, 7) is -0.0849. The number of hydrogen-bond donors (Lipinski definition) is 1. The summed E-state index contributed by atoms with van der Waals surface area (Å²) in [5.74, 6) is -0.476. The molecular formula is C22H18N4O3. The van der Waals surface area contributed by atoms with Crippen LogP contribution in [0.4, 0.5) is 11.4 Å². The van der Waals surface area contributed by atoms with Crippen LogP contribution in [0, 0.1) is 0 Å². The van der Waals surface area contributed by atoms with E-state index in [1.165, 1.54) is 9.47 Å². The van der Waals surface area contributed by atoms with E-state index in [0.717, 1.165) is 27.5 Å². The summed E-state index contributed by atoms with van der Waals surface area (Å²) in [6.07, 6.45) is 0. The summed E-state index contributed by atoms with van der Waals surface area (Å²) in [4.78, 5) is 39.1. The summed E-state index contributed by atoms with van der Waals surface area (Å²) in [6, 6.07) is 16.6. The van der Waals surface area contributed by atoms with E-state index >= 15 is 0 Å². The normalized spacial score (nSPS) is 12.9. The number of imidazole rings is 1. The second-order valence-corrected chi connectivity index (χ2v) is 7.22. The lowest BCUT2D eigenvalue weighted by molar-refractivity contribution is -0.114. The van der Waals surface area contributed by atoms with Crippen molar-refractivity contribution >= 4 is 45.0 Å². The number of amides is 2. The third kappa shape index (κ3) is 2.47. The Morgan fingerprint density at radius 3 is 2.45 bits per heavy atom. The lowest BCUT2D eigenvalue weighted by atomic mass is 10.1. The van der Waals surface area contributed by atoms with Gasteiger partial charge in [0.15, 0.2) is 0 Å². The van der Waals surface area contributed by atoms with Gasteiger partial charge in [-0.3, -0.25) is 23.6 Å². The van der Waals surface area contributed by atoms with Crippen molar-refractivity contribution in [3.05, 3.63) is 70.6 Å². The van der Waals surface area contributed by atoms with Crippen molar-refractivity contribution in [1.29, 1.82) is 0 Å². The van der Waals surface area contributed by atoms with Crippen molar-refractivity contribution in [2.75, 3.05) is 16.8 Å². The van der Waals surface area contributed by atoms with E-state index in [2.05, 4.69) is 5.32 Å². The first kappa shape index (κ1) is 17.2. The van der Waals surface area contributed by atoms with E-state index < -0.39 is 0 Å². The molecule has 1 N–H and O–H groups in total. The largest absolute Gasteiger partial charge is 0.328 e. The lowest BCUT2D eigenvalue weighted by Gasteiger charge is -2.17. The van der Waals surface area contributed by atoms with Gasteiger partial charge < -0.3 is 5.32 Å². The van der Waals surface area contributed by atoms with E-state index in [1.54, 1.807) is 42.9 Å². The SMILES string of the molecule is Cn1c(=O)n(C)c2cc(NC(=O)CN3C(=O)c4cccc5cccc3c45)ccc21. The average Bonchev–Trinajstić information content (AvgIpc) is 3.11. The van der Waals surface area contributed by atoms with Crippen LogP contribution in [0.2, 0.25) is 0 Å². The molecule has 7 heteroatoms. The number of rotatable bonds is 3. The van der Waals surface area contributed by atoms with Crippen LogP contribution < -0.4 is 15.9 Å². The molecule has 0 spiro atoms. The Labute approximate surface area is 165 Å². The molecule has 5 rings (SSSR count). The van der Waals surface area contributed by atoms with Gasteiger partial charge in [-0.1, -0.05) is 24.3 Å². The molecule has 3 aromatic carbocycles. The van der Waals surface area contributed by atoms with Crippen LogP contribution in [0.3, 0.4) is 0 Å². The maximum absolute atomic E-state index is 12.8. The number of benzene rings is 3. The number of nitrogens with one attached hydrogen (secondary N) is 1. The Bertz CT molecular complexity index is 1390. The van der Waals surface area contributed by atoms with Crippen LogP contribution >= 0.6 is 0 Å². The monoisotopic (exact) mass is 386 g/mol. The van der Waals surface area contributed by atoms with Crippen LogP contribution in [-0.2, 0) is 18.9 Å².